The van der Waals surface area contributed by atoms with Crippen molar-refractivity contribution < 1.29 is 19.3 Å². The monoisotopic (exact) mass is 357 g/mol. The summed E-state index contributed by atoms with van der Waals surface area (Å²) in [5.41, 5.74) is 8.48. The Balaban J connectivity index is 1.71. The third-order valence-corrected chi connectivity index (χ3v) is 4.75. The molecule has 1 aliphatic rings. The Labute approximate surface area is 154 Å². The lowest BCUT2D eigenvalue weighted by Crippen LogP contribution is -2.62. The van der Waals surface area contributed by atoms with Crippen molar-refractivity contribution in [3.05, 3.63) is 71.8 Å². The number of hydrogen-bond acceptors (Lipinski definition) is 5. The van der Waals surface area contributed by atoms with Crippen LogP contribution in [0.3, 0.4) is 0 Å². The van der Waals surface area contributed by atoms with Crippen molar-refractivity contribution in [2.75, 3.05) is 6.61 Å². The summed E-state index contributed by atoms with van der Waals surface area (Å²) in [6.07, 6.45) is -1.48. The van der Waals surface area contributed by atoms with Crippen LogP contribution in [0, 0.1) is 0 Å². The molecule has 0 radical (unpaired) electrons. The summed E-state index contributed by atoms with van der Waals surface area (Å²) in [6.45, 7) is 2.62. The van der Waals surface area contributed by atoms with Crippen LogP contribution < -0.4 is 5.73 Å². The molecule has 26 heavy (non-hydrogen) atoms. The molecule has 1 heterocycles. The number of aliphatic hydroxyl groups excluding tert-OH is 1. The van der Waals surface area contributed by atoms with E-state index in [1.54, 1.807) is 0 Å². The van der Waals surface area contributed by atoms with Crippen molar-refractivity contribution >= 4 is 0 Å². The Morgan fingerprint density at radius 1 is 0.885 bits per heavy atom. The van der Waals surface area contributed by atoms with E-state index in [1.165, 1.54) is 0 Å². The first-order chi connectivity index (χ1) is 12.7. The van der Waals surface area contributed by atoms with Crippen LogP contribution in [0.25, 0.3) is 0 Å². The first kappa shape index (κ1) is 19.0. The minimum absolute atomic E-state index is 0.137. The van der Waals surface area contributed by atoms with Crippen LogP contribution >= 0.6 is 0 Å². The second-order valence-electron chi connectivity index (χ2n) is 6.66. The molecule has 0 amide bonds. The van der Waals surface area contributed by atoms with E-state index in [0.717, 1.165) is 11.1 Å². The zero-order valence-corrected chi connectivity index (χ0v) is 15.0. The molecule has 0 saturated carbocycles. The SMILES string of the molecule is C[C@@H]1OC(CO)[C@H](OCc2ccccc2)[C@@H](OCc2ccccc2)C1N. The second-order valence-corrected chi connectivity index (χ2v) is 6.66. The predicted octanol–water partition coefficient (Wildman–Crippen LogP) is 2.26. The molecule has 140 valence electrons. The molecule has 2 aromatic rings. The van der Waals surface area contributed by atoms with Crippen LogP contribution in [0.2, 0.25) is 0 Å². The molecule has 5 atom stereocenters. The average molecular weight is 357 g/mol. The summed E-state index contributed by atoms with van der Waals surface area (Å²) in [4.78, 5) is 0. The number of benzene rings is 2. The molecule has 3 N–H and O–H groups in total. The van der Waals surface area contributed by atoms with Crippen molar-refractivity contribution in [1.29, 1.82) is 0 Å². The molecule has 1 aliphatic heterocycles. The zero-order chi connectivity index (χ0) is 18.4. The lowest BCUT2D eigenvalue weighted by atomic mass is 9.93. The van der Waals surface area contributed by atoms with Gasteiger partial charge in [-0.3, -0.25) is 0 Å². The van der Waals surface area contributed by atoms with Gasteiger partial charge in [0.25, 0.3) is 0 Å². The van der Waals surface area contributed by atoms with Crippen LogP contribution in [0.5, 0.6) is 0 Å². The van der Waals surface area contributed by atoms with Gasteiger partial charge in [-0.1, -0.05) is 60.7 Å². The maximum absolute atomic E-state index is 9.76. The van der Waals surface area contributed by atoms with Gasteiger partial charge in [-0.2, -0.15) is 0 Å². The Morgan fingerprint density at radius 2 is 1.38 bits per heavy atom. The zero-order valence-electron chi connectivity index (χ0n) is 15.0. The molecule has 5 nitrogen and oxygen atoms in total. The van der Waals surface area contributed by atoms with E-state index in [9.17, 15) is 5.11 Å². The summed E-state index contributed by atoms with van der Waals surface area (Å²) >= 11 is 0. The van der Waals surface area contributed by atoms with Crippen molar-refractivity contribution in [2.45, 2.75) is 50.6 Å². The van der Waals surface area contributed by atoms with E-state index in [2.05, 4.69) is 0 Å². The van der Waals surface area contributed by atoms with Crippen molar-refractivity contribution in [1.82, 2.24) is 0 Å². The quantitative estimate of drug-likeness (QED) is 0.795. The van der Waals surface area contributed by atoms with Gasteiger partial charge in [-0.05, 0) is 18.1 Å². The fraction of sp³-hybridized carbons (Fsp3) is 0.429. The Hall–Kier alpha value is -1.76. The number of aliphatic hydroxyl groups is 1. The molecule has 1 saturated heterocycles. The number of rotatable bonds is 7. The van der Waals surface area contributed by atoms with E-state index in [0.29, 0.717) is 13.2 Å². The van der Waals surface area contributed by atoms with E-state index in [1.807, 2.05) is 67.6 Å². The molecule has 5 heteroatoms. The lowest BCUT2D eigenvalue weighted by Gasteiger charge is -2.43. The van der Waals surface area contributed by atoms with E-state index in [4.69, 9.17) is 19.9 Å². The van der Waals surface area contributed by atoms with Crippen LogP contribution in [-0.2, 0) is 27.4 Å². The fourth-order valence-electron chi connectivity index (χ4n) is 3.23. The minimum atomic E-state index is -0.464. The van der Waals surface area contributed by atoms with Crippen molar-refractivity contribution in [3.8, 4) is 0 Å². The third kappa shape index (κ3) is 4.69. The molecule has 0 aromatic heterocycles. The van der Waals surface area contributed by atoms with Gasteiger partial charge in [-0.15, -0.1) is 0 Å². The molecule has 1 fully saturated rings. The summed E-state index contributed by atoms with van der Waals surface area (Å²) in [7, 11) is 0. The van der Waals surface area contributed by atoms with Gasteiger partial charge in [0.15, 0.2) is 0 Å². The van der Waals surface area contributed by atoms with Crippen LogP contribution in [0.4, 0.5) is 0 Å². The molecule has 0 spiro atoms. The van der Waals surface area contributed by atoms with E-state index >= 15 is 0 Å². The predicted molar refractivity (Wildman–Crippen MR) is 99.4 cm³/mol. The molecule has 2 aromatic carbocycles. The van der Waals surface area contributed by atoms with Crippen molar-refractivity contribution in [2.24, 2.45) is 5.73 Å². The number of nitrogens with two attached hydrogens (primary N) is 1. The smallest absolute Gasteiger partial charge is 0.114 e. The van der Waals surface area contributed by atoms with Crippen molar-refractivity contribution in [3.63, 3.8) is 0 Å². The molecule has 3 rings (SSSR count). The van der Waals surface area contributed by atoms with Gasteiger partial charge < -0.3 is 25.1 Å². The molecule has 2 unspecified atom stereocenters. The normalized spacial score (nSPS) is 28.8. The summed E-state index contributed by atoms with van der Waals surface area (Å²) in [6, 6.07) is 19.5. The van der Waals surface area contributed by atoms with Gasteiger partial charge in [0.2, 0.25) is 0 Å². The topological polar surface area (TPSA) is 73.9 Å². The van der Waals surface area contributed by atoms with Gasteiger partial charge in [0.05, 0.1) is 32.0 Å². The van der Waals surface area contributed by atoms with Gasteiger partial charge >= 0.3 is 0 Å². The van der Waals surface area contributed by atoms with Gasteiger partial charge in [0, 0.05) is 0 Å². The molecular weight excluding hydrogens is 330 g/mol. The summed E-state index contributed by atoms with van der Waals surface area (Å²) in [5.74, 6) is 0. The lowest BCUT2D eigenvalue weighted by molar-refractivity contribution is -0.220. The Morgan fingerprint density at radius 3 is 1.88 bits per heavy atom. The fourth-order valence-corrected chi connectivity index (χ4v) is 3.23. The van der Waals surface area contributed by atoms with Crippen LogP contribution in [-0.4, -0.2) is 42.2 Å². The van der Waals surface area contributed by atoms with E-state index in [-0.39, 0.29) is 24.9 Å². The summed E-state index contributed by atoms with van der Waals surface area (Å²) in [5, 5.41) is 9.76. The number of ether oxygens (including phenoxy) is 3. The Kier molecular flexibility index (Phi) is 6.77. The standard InChI is InChI=1S/C21H27NO4/c1-15-19(22)21(25-14-17-10-6-3-7-11-17)20(18(12-23)26-15)24-13-16-8-4-2-5-9-16/h2-11,15,18-21,23H,12-14,22H2,1H3/t15-,18?,19?,20-,21-/m0/s1. The first-order valence-corrected chi connectivity index (χ1v) is 9.02. The highest BCUT2D eigenvalue weighted by Crippen LogP contribution is 2.26. The van der Waals surface area contributed by atoms with Gasteiger partial charge in [-0.25, -0.2) is 0 Å². The second kappa shape index (κ2) is 9.26. The molecule has 0 bridgehead atoms. The van der Waals surface area contributed by atoms with Crippen LogP contribution in [0.1, 0.15) is 18.1 Å². The first-order valence-electron chi connectivity index (χ1n) is 9.02. The Bertz CT molecular complexity index is 608. The maximum Gasteiger partial charge on any atom is 0.114 e. The molecule has 0 aliphatic carbocycles. The summed E-state index contributed by atoms with van der Waals surface area (Å²) < 4.78 is 18.1. The van der Waals surface area contributed by atoms with Crippen LogP contribution in [0.15, 0.2) is 60.7 Å². The van der Waals surface area contributed by atoms with E-state index < -0.39 is 12.2 Å². The average Bonchev–Trinajstić information content (AvgIpc) is 2.69. The molecular formula is C21H27NO4. The highest BCUT2D eigenvalue weighted by molar-refractivity contribution is 5.14. The number of hydrogen-bond donors (Lipinski definition) is 2. The minimum Gasteiger partial charge on any atom is -0.394 e. The highest BCUT2D eigenvalue weighted by atomic mass is 16.6. The maximum atomic E-state index is 9.76. The highest BCUT2D eigenvalue weighted by Gasteiger charge is 2.44. The largest absolute Gasteiger partial charge is 0.394 e. The van der Waals surface area contributed by atoms with Gasteiger partial charge in [0.1, 0.15) is 18.3 Å². The third-order valence-electron chi connectivity index (χ3n) is 4.75.